The van der Waals surface area contributed by atoms with Gasteiger partial charge in [-0.15, -0.1) is 11.3 Å². The van der Waals surface area contributed by atoms with Crippen LogP contribution in [0.25, 0.3) is 10.6 Å². The summed E-state index contributed by atoms with van der Waals surface area (Å²) >= 11 is 2.95. The molecule has 2 aromatic heterocycles. The van der Waals surface area contributed by atoms with E-state index < -0.39 is 4.92 Å². The summed E-state index contributed by atoms with van der Waals surface area (Å²) in [7, 11) is 1.69. The van der Waals surface area contributed by atoms with Gasteiger partial charge in [0.15, 0.2) is 0 Å². The van der Waals surface area contributed by atoms with Gasteiger partial charge in [-0.2, -0.15) is 11.3 Å². The van der Waals surface area contributed by atoms with Crippen molar-refractivity contribution in [3.63, 3.8) is 0 Å². The maximum absolute atomic E-state index is 12.7. The Kier molecular flexibility index (Phi) is 4.91. The molecular weight excluding hydrogens is 358 g/mol. The highest BCUT2D eigenvalue weighted by Gasteiger charge is 2.20. The Morgan fingerprint density at radius 1 is 1.36 bits per heavy atom. The molecule has 0 atom stereocenters. The third kappa shape index (κ3) is 3.75. The van der Waals surface area contributed by atoms with Gasteiger partial charge in [0.25, 0.3) is 11.6 Å². The van der Waals surface area contributed by atoms with Gasteiger partial charge in [-0.3, -0.25) is 14.9 Å². The number of aryl methyl sites for hydroxylation is 1. The van der Waals surface area contributed by atoms with Gasteiger partial charge in [-0.05, 0) is 23.9 Å². The van der Waals surface area contributed by atoms with Crippen LogP contribution in [0.4, 0.5) is 5.69 Å². The van der Waals surface area contributed by atoms with Crippen LogP contribution in [0.3, 0.4) is 0 Å². The van der Waals surface area contributed by atoms with Gasteiger partial charge in [-0.25, -0.2) is 4.98 Å². The summed E-state index contributed by atoms with van der Waals surface area (Å²) in [4.78, 5) is 29.8. The van der Waals surface area contributed by atoms with Crippen LogP contribution < -0.4 is 0 Å². The topological polar surface area (TPSA) is 76.3 Å². The summed E-state index contributed by atoms with van der Waals surface area (Å²) in [6.07, 6.45) is 0. The molecule has 0 N–H and O–H groups in total. The van der Waals surface area contributed by atoms with Gasteiger partial charge < -0.3 is 4.90 Å². The molecule has 3 rings (SSSR count). The average molecular weight is 373 g/mol. The van der Waals surface area contributed by atoms with Crippen molar-refractivity contribution in [3.05, 3.63) is 67.3 Å². The second-order valence-electron chi connectivity index (χ2n) is 5.53. The maximum Gasteiger partial charge on any atom is 0.269 e. The van der Waals surface area contributed by atoms with Crippen molar-refractivity contribution >= 4 is 34.3 Å². The Labute approximate surface area is 152 Å². The SMILES string of the molecule is Cc1nc(-c2ccsc2)sc1C(=O)N(C)Cc1cccc([N+](=O)[O-])c1. The highest BCUT2D eigenvalue weighted by atomic mass is 32.1. The minimum Gasteiger partial charge on any atom is -0.337 e. The first-order chi connectivity index (χ1) is 12.0. The molecule has 8 heteroatoms. The van der Waals surface area contributed by atoms with E-state index in [0.29, 0.717) is 22.7 Å². The zero-order valence-electron chi connectivity index (χ0n) is 13.6. The monoisotopic (exact) mass is 373 g/mol. The number of thiazole rings is 1. The third-order valence-corrected chi connectivity index (χ3v) is 5.52. The van der Waals surface area contributed by atoms with Gasteiger partial charge in [0, 0.05) is 36.7 Å². The number of thiophene rings is 1. The Bertz CT molecular complexity index is 919. The van der Waals surface area contributed by atoms with Gasteiger partial charge in [0.05, 0.1) is 10.6 Å². The van der Waals surface area contributed by atoms with Gasteiger partial charge in [-0.1, -0.05) is 12.1 Å². The minimum atomic E-state index is -0.439. The lowest BCUT2D eigenvalue weighted by molar-refractivity contribution is -0.384. The lowest BCUT2D eigenvalue weighted by Crippen LogP contribution is -2.26. The van der Waals surface area contributed by atoms with Crippen molar-refractivity contribution in [2.24, 2.45) is 0 Å². The van der Waals surface area contributed by atoms with Gasteiger partial charge in [0.2, 0.25) is 0 Å². The number of carbonyl (C=O) groups is 1. The number of benzene rings is 1. The van der Waals surface area contributed by atoms with Crippen LogP contribution >= 0.6 is 22.7 Å². The molecule has 0 spiro atoms. The predicted octanol–water partition coefficient (Wildman–Crippen LogP) is 4.36. The number of rotatable bonds is 5. The fourth-order valence-electron chi connectivity index (χ4n) is 2.39. The molecule has 0 bridgehead atoms. The summed E-state index contributed by atoms with van der Waals surface area (Å²) in [6, 6.07) is 8.29. The molecule has 0 aliphatic heterocycles. The van der Waals surface area contributed by atoms with Crippen molar-refractivity contribution in [1.82, 2.24) is 9.88 Å². The lowest BCUT2D eigenvalue weighted by atomic mass is 10.2. The van der Waals surface area contributed by atoms with Crippen LogP contribution in [0.15, 0.2) is 41.1 Å². The van der Waals surface area contributed by atoms with E-state index in [1.807, 2.05) is 23.8 Å². The molecule has 6 nitrogen and oxygen atoms in total. The summed E-state index contributed by atoms with van der Waals surface area (Å²) in [5.74, 6) is -0.136. The van der Waals surface area contributed by atoms with Gasteiger partial charge >= 0.3 is 0 Å². The molecule has 25 heavy (non-hydrogen) atoms. The van der Waals surface area contributed by atoms with Gasteiger partial charge in [0.1, 0.15) is 9.88 Å². The largest absolute Gasteiger partial charge is 0.337 e. The zero-order valence-corrected chi connectivity index (χ0v) is 15.3. The Morgan fingerprint density at radius 2 is 2.16 bits per heavy atom. The molecule has 0 aliphatic carbocycles. The van der Waals surface area contributed by atoms with E-state index in [2.05, 4.69) is 4.98 Å². The van der Waals surface area contributed by atoms with Crippen molar-refractivity contribution in [3.8, 4) is 10.6 Å². The number of aromatic nitrogens is 1. The van der Waals surface area contributed by atoms with Crippen LogP contribution in [0.2, 0.25) is 0 Å². The molecule has 2 heterocycles. The number of nitro groups is 1. The molecule has 0 radical (unpaired) electrons. The Morgan fingerprint density at radius 3 is 2.84 bits per heavy atom. The molecule has 3 aromatic rings. The van der Waals surface area contributed by atoms with Crippen LogP contribution in [-0.2, 0) is 6.54 Å². The molecule has 1 aromatic carbocycles. The highest BCUT2D eigenvalue weighted by Crippen LogP contribution is 2.30. The molecule has 0 saturated heterocycles. The minimum absolute atomic E-state index is 0.0204. The van der Waals surface area contributed by atoms with E-state index in [9.17, 15) is 14.9 Å². The quantitative estimate of drug-likeness (QED) is 0.492. The molecule has 128 valence electrons. The molecule has 0 aliphatic rings. The predicted molar refractivity (Wildman–Crippen MR) is 99.1 cm³/mol. The molecular formula is C17H15N3O3S2. The fourth-order valence-corrected chi connectivity index (χ4v) is 4.16. The first-order valence-electron chi connectivity index (χ1n) is 7.44. The third-order valence-electron chi connectivity index (χ3n) is 3.65. The van der Waals surface area contributed by atoms with Crippen LogP contribution in [-0.4, -0.2) is 27.8 Å². The highest BCUT2D eigenvalue weighted by molar-refractivity contribution is 7.17. The molecule has 1 amide bonds. The Hall–Kier alpha value is -2.58. The normalized spacial score (nSPS) is 10.6. The fraction of sp³-hybridized carbons (Fsp3) is 0.176. The maximum atomic E-state index is 12.7. The summed E-state index contributed by atoms with van der Waals surface area (Å²) in [5, 5.41) is 15.7. The summed E-state index contributed by atoms with van der Waals surface area (Å²) in [6.45, 7) is 2.12. The van der Waals surface area contributed by atoms with E-state index >= 15 is 0 Å². The van der Waals surface area contributed by atoms with E-state index in [-0.39, 0.29) is 11.6 Å². The summed E-state index contributed by atoms with van der Waals surface area (Å²) < 4.78 is 0. The van der Waals surface area contributed by atoms with Crippen molar-refractivity contribution in [1.29, 1.82) is 0 Å². The van der Waals surface area contributed by atoms with E-state index in [4.69, 9.17) is 0 Å². The molecule has 0 fully saturated rings. The van der Waals surface area contributed by atoms with Crippen LogP contribution in [0, 0.1) is 17.0 Å². The number of hydrogen-bond acceptors (Lipinski definition) is 6. The number of amides is 1. The van der Waals surface area contributed by atoms with Crippen LogP contribution in [0.1, 0.15) is 20.9 Å². The lowest BCUT2D eigenvalue weighted by Gasteiger charge is -2.16. The standard InChI is InChI=1S/C17H15N3O3S2/c1-11-15(25-16(18-11)13-6-7-24-10-13)17(21)19(2)9-12-4-3-5-14(8-12)20(22)23/h3-8,10H,9H2,1-2H3. The number of hydrogen-bond donors (Lipinski definition) is 0. The van der Waals surface area contributed by atoms with E-state index in [0.717, 1.165) is 10.6 Å². The first kappa shape index (κ1) is 17.2. The van der Waals surface area contributed by atoms with Crippen molar-refractivity contribution in [2.45, 2.75) is 13.5 Å². The second-order valence-corrected chi connectivity index (χ2v) is 7.31. The second kappa shape index (κ2) is 7.12. The number of nitro benzene ring substituents is 1. The zero-order chi connectivity index (χ0) is 18.0. The van der Waals surface area contributed by atoms with E-state index in [1.54, 1.807) is 35.4 Å². The number of non-ortho nitro benzene ring substituents is 1. The molecule has 0 saturated carbocycles. The number of nitrogens with zero attached hydrogens (tertiary/aromatic N) is 3. The van der Waals surface area contributed by atoms with E-state index in [1.165, 1.54) is 23.5 Å². The Balaban J connectivity index is 1.79. The van der Waals surface area contributed by atoms with Crippen molar-refractivity contribution < 1.29 is 9.72 Å². The molecule has 0 unspecified atom stereocenters. The van der Waals surface area contributed by atoms with Crippen LogP contribution in [0.5, 0.6) is 0 Å². The smallest absolute Gasteiger partial charge is 0.269 e. The average Bonchev–Trinajstić information content (AvgIpc) is 3.23. The van der Waals surface area contributed by atoms with Crippen molar-refractivity contribution in [2.75, 3.05) is 7.05 Å². The first-order valence-corrected chi connectivity index (χ1v) is 9.20. The summed E-state index contributed by atoms with van der Waals surface area (Å²) in [5.41, 5.74) is 2.44. The number of carbonyl (C=O) groups excluding carboxylic acids is 1.